The van der Waals surface area contributed by atoms with E-state index in [0.29, 0.717) is 4.90 Å². The Morgan fingerprint density at radius 3 is 2.40 bits per heavy atom. The normalized spacial score (nSPS) is 20.4. The van der Waals surface area contributed by atoms with E-state index in [4.69, 9.17) is 48.6 Å². The highest BCUT2D eigenvalue weighted by Gasteiger charge is 2.49. The smallest absolute Gasteiger partial charge is 0.417 e. The third-order valence-corrected chi connectivity index (χ3v) is 5.18. The lowest BCUT2D eigenvalue weighted by Crippen LogP contribution is -2.40. The summed E-state index contributed by atoms with van der Waals surface area (Å²) in [5, 5.41) is 0. The van der Waals surface area contributed by atoms with Crippen molar-refractivity contribution < 1.29 is 27.9 Å². The van der Waals surface area contributed by atoms with E-state index in [0.717, 1.165) is 14.2 Å². The van der Waals surface area contributed by atoms with Gasteiger partial charge in [-0.2, -0.15) is 0 Å². The summed E-state index contributed by atoms with van der Waals surface area (Å²) in [5.41, 5.74) is 0. The summed E-state index contributed by atoms with van der Waals surface area (Å²) in [6, 6.07) is 0. The Bertz CT molecular complexity index is 432. The number of imide groups is 1. The molecular formula is C9H13Cl3NO6P. The van der Waals surface area contributed by atoms with Crippen molar-refractivity contribution >= 4 is 54.4 Å². The van der Waals surface area contributed by atoms with Crippen LogP contribution in [0.5, 0.6) is 0 Å². The number of halogens is 3. The third kappa shape index (κ3) is 4.23. The van der Waals surface area contributed by atoms with Crippen LogP contribution < -0.4 is 0 Å². The van der Waals surface area contributed by atoms with Crippen LogP contribution in [-0.2, 0) is 23.1 Å². The summed E-state index contributed by atoms with van der Waals surface area (Å²) in [6.45, 7) is -0.544. The highest BCUT2D eigenvalue weighted by Crippen LogP contribution is 2.56. The van der Waals surface area contributed by atoms with E-state index in [-0.39, 0.29) is 12.8 Å². The molecule has 1 rings (SSSR count). The van der Waals surface area contributed by atoms with Gasteiger partial charge in [0.15, 0.2) is 0 Å². The SMILES string of the molecule is COP(=O)(OC)C1CCC(=O)N1C(=O)OCC(Cl)(Cl)Cl. The number of carbonyl (C=O) groups is 2. The number of hydrogen-bond donors (Lipinski definition) is 0. The largest absolute Gasteiger partial charge is 0.445 e. The second-order valence-electron chi connectivity index (χ2n) is 3.86. The minimum Gasteiger partial charge on any atom is -0.445 e. The van der Waals surface area contributed by atoms with Crippen molar-refractivity contribution in [1.82, 2.24) is 4.90 Å². The van der Waals surface area contributed by atoms with Crippen LogP contribution in [0.25, 0.3) is 0 Å². The molecule has 7 nitrogen and oxygen atoms in total. The van der Waals surface area contributed by atoms with Gasteiger partial charge in [-0.3, -0.25) is 9.36 Å². The van der Waals surface area contributed by atoms with Crippen molar-refractivity contribution in [2.24, 2.45) is 0 Å². The number of rotatable bonds is 4. The average molecular weight is 369 g/mol. The second-order valence-corrected chi connectivity index (χ2v) is 8.78. The number of likely N-dealkylation sites (tertiary alicyclic amines) is 1. The van der Waals surface area contributed by atoms with Crippen LogP contribution in [0.4, 0.5) is 4.79 Å². The molecule has 1 aliphatic rings. The molecular weight excluding hydrogens is 355 g/mol. The van der Waals surface area contributed by atoms with Crippen molar-refractivity contribution in [2.45, 2.75) is 22.4 Å². The summed E-state index contributed by atoms with van der Waals surface area (Å²) in [5.74, 6) is -1.61. The summed E-state index contributed by atoms with van der Waals surface area (Å²) < 4.78 is 24.8. The highest BCUT2D eigenvalue weighted by atomic mass is 35.6. The first-order valence-electron chi connectivity index (χ1n) is 5.41. The second kappa shape index (κ2) is 6.81. The zero-order valence-electron chi connectivity index (χ0n) is 10.7. The quantitative estimate of drug-likeness (QED) is 0.560. The van der Waals surface area contributed by atoms with Gasteiger partial charge in [-0.1, -0.05) is 34.8 Å². The fourth-order valence-corrected chi connectivity index (χ4v) is 3.47. The summed E-state index contributed by atoms with van der Waals surface area (Å²) in [6.07, 6.45) is -0.900. The number of ether oxygens (including phenoxy) is 1. The molecule has 1 heterocycles. The molecule has 2 amide bonds. The molecule has 0 saturated carbocycles. The van der Waals surface area contributed by atoms with Crippen molar-refractivity contribution in [3.05, 3.63) is 0 Å². The zero-order chi connectivity index (χ0) is 15.6. The van der Waals surface area contributed by atoms with Gasteiger partial charge in [0.1, 0.15) is 12.4 Å². The van der Waals surface area contributed by atoms with Gasteiger partial charge >= 0.3 is 13.7 Å². The molecule has 1 aliphatic heterocycles. The number of nitrogens with zero attached hydrogens (tertiary/aromatic N) is 1. The van der Waals surface area contributed by atoms with Crippen LogP contribution >= 0.6 is 42.4 Å². The van der Waals surface area contributed by atoms with Crippen LogP contribution in [0.2, 0.25) is 0 Å². The lowest BCUT2D eigenvalue weighted by molar-refractivity contribution is -0.126. The summed E-state index contributed by atoms with van der Waals surface area (Å²) >= 11 is 16.3. The van der Waals surface area contributed by atoms with Crippen LogP contribution in [0.15, 0.2) is 0 Å². The fourth-order valence-electron chi connectivity index (χ4n) is 1.72. The average Bonchev–Trinajstić information content (AvgIpc) is 2.76. The van der Waals surface area contributed by atoms with Crippen molar-refractivity contribution in [3.8, 4) is 0 Å². The van der Waals surface area contributed by atoms with Crippen molar-refractivity contribution in [3.63, 3.8) is 0 Å². The Kier molecular flexibility index (Phi) is 6.14. The summed E-state index contributed by atoms with van der Waals surface area (Å²) in [7, 11) is -1.31. The van der Waals surface area contributed by atoms with E-state index in [2.05, 4.69) is 0 Å². The molecule has 0 aromatic carbocycles. The molecule has 0 bridgehead atoms. The first-order chi connectivity index (χ1) is 9.14. The van der Waals surface area contributed by atoms with Gasteiger partial charge in [-0.25, -0.2) is 9.69 Å². The van der Waals surface area contributed by atoms with Gasteiger partial charge in [0.25, 0.3) is 0 Å². The fraction of sp³-hybridized carbons (Fsp3) is 0.778. The maximum absolute atomic E-state index is 12.3. The monoisotopic (exact) mass is 367 g/mol. The van der Waals surface area contributed by atoms with E-state index >= 15 is 0 Å². The minimum atomic E-state index is -3.64. The lowest BCUT2D eigenvalue weighted by Gasteiger charge is -2.27. The Balaban J connectivity index is 2.86. The molecule has 1 unspecified atom stereocenters. The molecule has 20 heavy (non-hydrogen) atoms. The molecule has 1 fully saturated rings. The Morgan fingerprint density at radius 2 is 1.95 bits per heavy atom. The Morgan fingerprint density at radius 1 is 1.40 bits per heavy atom. The molecule has 0 spiro atoms. The first-order valence-corrected chi connectivity index (χ1v) is 8.16. The zero-order valence-corrected chi connectivity index (χ0v) is 13.8. The van der Waals surface area contributed by atoms with E-state index in [1.54, 1.807) is 0 Å². The minimum absolute atomic E-state index is 0.0181. The topological polar surface area (TPSA) is 82.1 Å². The molecule has 0 aliphatic carbocycles. The maximum Gasteiger partial charge on any atom is 0.417 e. The number of amides is 2. The van der Waals surface area contributed by atoms with Gasteiger partial charge in [0, 0.05) is 20.6 Å². The Hall–Kier alpha value is -0.0400. The standard InChI is InChI=1S/C9H13Cl3NO6P/c1-17-20(16,18-2)7-4-3-6(14)13(7)8(15)19-5-9(10,11)12/h7H,3-5H2,1-2H3. The van der Waals surface area contributed by atoms with Crippen molar-refractivity contribution in [1.29, 1.82) is 0 Å². The molecule has 116 valence electrons. The van der Waals surface area contributed by atoms with Gasteiger partial charge in [0.05, 0.1) is 0 Å². The molecule has 0 aromatic heterocycles. The van der Waals surface area contributed by atoms with E-state index in [9.17, 15) is 14.2 Å². The maximum atomic E-state index is 12.3. The van der Waals surface area contributed by atoms with Gasteiger partial charge < -0.3 is 13.8 Å². The highest BCUT2D eigenvalue weighted by molar-refractivity contribution is 7.54. The van der Waals surface area contributed by atoms with Crippen LogP contribution in [0, 0.1) is 0 Å². The predicted molar refractivity (Wildman–Crippen MR) is 73.1 cm³/mol. The van der Waals surface area contributed by atoms with Crippen molar-refractivity contribution in [2.75, 3.05) is 20.8 Å². The first kappa shape index (κ1) is 18.0. The van der Waals surface area contributed by atoms with Gasteiger partial charge in [-0.15, -0.1) is 0 Å². The van der Waals surface area contributed by atoms with Crippen LogP contribution in [-0.4, -0.2) is 47.3 Å². The molecule has 1 atom stereocenters. The lowest BCUT2D eigenvalue weighted by atomic mass is 10.4. The van der Waals surface area contributed by atoms with E-state index < -0.39 is 35.8 Å². The van der Waals surface area contributed by atoms with Crippen LogP contribution in [0.1, 0.15) is 12.8 Å². The van der Waals surface area contributed by atoms with Gasteiger partial charge in [-0.05, 0) is 6.42 Å². The molecule has 0 aromatic rings. The predicted octanol–water partition coefficient (Wildman–Crippen LogP) is 2.93. The third-order valence-electron chi connectivity index (χ3n) is 2.61. The molecule has 0 radical (unpaired) electrons. The molecule has 0 N–H and O–H groups in total. The number of carbonyl (C=O) groups excluding carboxylic acids is 2. The van der Waals surface area contributed by atoms with E-state index in [1.165, 1.54) is 0 Å². The van der Waals surface area contributed by atoms with Gasteiger partial charge in [0.2, 0.25) is 9.70 Å². The molecule has 1 saturated heterocycles. The van der Waals surface area contributed by atoms with E-state index in [1.807, 2.05) is 0 Å². The molecule has 11 heteroatoms. The van der Waals surface area contributed by atoms with Crippen LogP contribution in [0.3, 0.4) is 0 Å². The number of hydrogen-bond acceptors (Lipinski definition) is 6. The summed E-state index contributed by atoms with van der Waals surface area (Å²) in [4.78, 5) is 24.3. The Labute approximate surface area is 130 Å². The number of alkyl halides is 3.